The fourth-order valence-electron chi connectivity index (χ4n) is 3.42. The van der Waals surface area contributed by atoms with Crippen LogP contribution in [0.1, 0.15) is 68.0 Å². The van der Waals surface area contributed by atoms with E-state index in [2.05, 4.69) is 34.6 Å². The highest BCUT2D eigenvalue weighted by Crippen LogP contribution is 2.32. The molecule has 1 aromatic rings. The lowest BCUT2D eigenvalue weighted by Crippen LogP contribution is -2.10. The van der Waals surface area contributed by atoms with Gasteiger partial charge < -0.3 is 5.11 Å². The number of hydrogen-bond donors (Lipinski definition) is 1. The summed E-state index contributed by atoms with van der Waals surface area (Å²) in [6.45, 7) is 11.2. The van der Waals surface area contributed by atoms with Crippen LogP contribution in [0.15, 0.2) is 6.26 Å². The Labute approximate surface area is 118 Å². The first kappa shape index (κ1) is 15.8. The van der Waals surface area contributed by atoms with Crippen LogP contribution in [0.25, 0.3) is 6.08 Å². The smallest absolute Gasteiger partial charge is 0.0797 e. The molecule has 0 bridgehead atoms. The molecule has 0 saturated heterocycles. The second-order valence-electron chi connectivity index (χ2n) is 4.89. The Morgan fingerprint density at radius 1 is 0.632 bits per heavy atom. The van der Waals surface area contributed by atoms with Crippen molar-refractivity contribution in [1.29, 1.82) is 0 Å². The number of aliphatic hydroxyl groups is 1. The molecule has 0 heterocycles. The van der Waals surface area contributed by atoms with Crippen molar-refractivity contribution >= 4 is 6.08 Å². The van der Waals surface area contributed by atoms with Crippen molar-refractivity contribution in [3.63, 3.8) is 0 Å². The fourth-order valence-corrected chi connectivity index (χ4v) is 3.42. The van der Waals surface area contributed by atoms with Gasteiger partial charge in [-0.3, -0.25) is 0 Å². The number of aliphatic hydroxyl groups excluding tert-OH is 1. The third-order valence-electron chi connectivity index (χ3n) is 4.12. The lowest BCUT2D eigenvalue weighted by molar-refractivity contribution is 0.478. The van der Waals surface area contributed by atoms with Gasteiger partial charge in [0.05, 0.1) is 6.26 Å². The van der Waals surface area contributed by atoms with Crippen molar-refractivity contribution < 1.29 is 5.11 Å². The lowest BCUT2D eigenvalue weighted by atomic mass is 9.82. The minimum absolute atomic E-state index is 1.03. The van der Waals surface area contributed by atoms with Gasteiger partial charge in [0.1, 0.15) is 0 Å². The van der Waals surface area contributed by atoms with E-state index in [1.807, 2.05) is 6.08 Å². The number of rotatable bonds is 6. The van der Waals surface area contributed by atoms with Gasteiger partial charge in [-0.2, -0.15) is 0 Å². The molecule has 1 heteroatoms. The molecule has 0 aliphatic carbocycles. The molecule has 0 aliphatic heterocycles. The van der Waals surface area contributed by atoms with E-state index in [-0.39, 0.29) is 0 Å². The second kappa shape index (κ2) is 7.37. The highest BCUT2D eigenvalue weighted by atomic mass is 16.2. The Morgan fingerprint density at radius 2 is 0.947 bits per heavy atom. The zero-order valence-electron chi connectivity index (χ0n) is 13.1. The zero-order valence-corrected chi connectivity index (χ0v) is 13.1. The minimum atomic E-state index is 1.03. The lowest BCUT2D eigenvalue weighted by Gasteiger charge is -2.23. The molecule has 0 aliphatic rings. The molecule has 1 N–H and O–H groups in total. The van der Waals surface area contributed by atoms with Crippen LogP contribution in [0.2, 0.25) is 0 Å². The van der Waals surface area contributed by atoms with Gasteiger partial charge in [0.25, 0.3) is 0 Å². The molecule has 0 amide bonds. The zero-order chi connectivity index (χ0) is 14.4. The molecule has 1 rings (SSSR count). The van der Waals surface area contributed by atoms with Gasteiger partial charge >= 0.3 is 0 Å². The van der Waals surface area contributed by atoms with Gasteiger partial charge in [-0.15, -0.1) is 0 Å². The van der Waals surface area contributed by atoms with Crippen LogP contribution in [0.4, 0.5) is 0 Å². The summed E-state index contributed by atoms with van der Waals surface area (Å²) >= 11 is 0. The topological polar surface area (TPSA) is 20.2 Å². The summed E-state index contributed by atoms with van der Waals surface area (Å²) < 4.78 is 0. The van der Waals surface area contributed by atoms with Crippen molar-refractivity contribution in [3.8, 4) is 0 Å². The van der Waals surface area contributed by atoms with E-state index in [9.17, 15) is 5.11 Å². The first-order chi connectivity index (χ1) is 9.19. The molecule has 0 radical (unpaired) electrons. The van der Waals surface area contributed by atoms with Crippen LogP contribution in [0, 0.1) is 0 Å². The van der Waals surface area contributed by atoms with Gasteiger partial charge in [0.15, 0.2) is 0 Å². The summed E-state index contributed by atoms with van der Waals surface area (Å²) in [4.78, 5) is 0. The van der Waals surface area contributed by atoms with Gasteiger partial charge in [-0.25, -0.2) is 0 Å². The molecular formula is C18H28O. The molecule has 1 nitrogen and oxygen atoms in total. The maximum atomic E-state index is 9.23. The Kier molecular flexibility index (Phi) is 6.14. The van der Waals surface area contributed by atoms with E-state index in [1.165, 1.54) is 34.1 Å². The summed E-state index contributed by atoms with van der Waals surface area (Å²) in [6.07, 6.45) is 8.41. The van der Waals surface area contributed by atoms with Gasteiger partial charge in [0.2, 0.25) is 0 Å². The molecule has 106 valence electrons. The number of hydrogen-bond acceptors (Lipinski definition) is 1. The SMILES string of the molecule is CCc1c(C=CO)c(CC)c(CC)c(CC)c1CC. The summed E-state index contributed by atoms with van der Waals surface area (Å²) in [7, 11) is 0. The first-order valence-electron chi connectivity index (χ1n) is 7.68. The van der Waals surface area contributed by atoms with Crippen molar-refractivity contribution in [2.24, 2.45) is 0 Å². The van der Waals surface area contributed by atoms with Crippen LogP contribution in [-0.2, 0) is 32.1 Å². The van der Waals surface area contributed by atoms with Crippen LogP contribution in [-0.4, -0.2) is 5.11 Å². The maximum absolute atomic E-state index is 9.23. The number of benzene rings is 1. The molecule has 0 unspecified atom stereocenters. The average Bonchev–Trinajstić information content (AvgIpc) is 2.45. The molecular weight excluding hydrogens is 232 g/mol. The van der Waals surface area contributed by atoms with E-state index >= 15 is 0 Å². The fraction of sp³-hybridized carbons (Fsp3) is 0.556. The molecule has 0 atom stereocenters. The molecule has 19 heavy (non-hydrogen) atoms. The molecule has 0 saturated carbocycles. The van der Waals surface area contributed by atoms with Crippen LogP contribution < -0.4 is 0 Å². The Hall–Kier alpha value is -1.24. The highest BCUT2D eigenvalue weighted by molar-refractivity contribution is 5.64. The van der Waals surface area contributed by atoms with Crippen LogP contribution in [0.5, 0.6) is 0 Å². The van der Waals surface area contributed by atoms with Gasteiger partial charge in [0, 0.05) is 0 Å². The van der Waals surface area contributed by atoms with E-state index < -0.39 is 0 Å². The van der Waals surface area contributed by atoms with E-state index in [0.717, 1.165) is 32.1 Å². The van der Waals surface area contributed by atoms with E-state index in [4.69, 9.17) is 0 Å². The third kappa shape index (κ3) is 2.86. The van der Waals surface area contributed by atoms with E-state index in [1.54, 1.807) is 5.56 Å². The quantitative estimate of drug-likeness (QED) is 0.711. The second-order valence-corrected chi connectivity index (χ2v) is 4.89. The van der Waals surface area contributed by atoms with Crippen molar-refractivity contribution in [1.82, 2.24) is 0 Å². The van der Waals surface area contributed by atoms with Gasteiger partial charge in [-0.1, -0.05) is 34.6 Å². The molecule has 0 spiro atoms. The summed E-state index contributed by atoms with van der Waals surface area (Å²) in [5.74, 6) is 0. The predicted molar refractivity (Wildman–Crippen MR) is 85.0 cm³/mol. The first-order valence-corrected chi connectivity index (χ1v) is 7.68. The van der Waals surface area contributed by atoms with Crippen molar-refractivity contribution in [2.75, 3.05) is 0 Å². The van der Waals surface area contributed by atoms with Crippen molar-refractivity contribution in [2.45, 2.75) is 66.7 Å². The monoisotopic (exact) mass is 260 g/mol. The summed E-state index contributed by atoms with van der Waals surface area (Å²) in [6, 6.07) is 0. The van der Waals surface area contributed by atoms with Gasteiger partial charge in [-0.05, 0) is 71.6 Å². The predicted octanol–water partition coefficient (Wildman–Crippen LogP) is 5.03. The minimum Gasteiger partial charge on any atom is -0.516 e. The molecule has 0 fully saturated rings. The van der Waals surface area contributed by atoms with Crippen LogP contribution >= 0.6 is 0 Å². The largest absolute Gasteiger partial charge is 0.516 e. The van der Waals surface area contributed by atoms with Crippen LogP contribution in [0.3, 0.4) is 0 Å². The summed E-state index contributed by atoms with van der Waals surface area (Å²) in [5, 5.41) is 9.23. The third-order valence-corrected chi connectivity index (χ3v) is 4.12. The maximum Gasteiger partial charge on any atom is 0.0797 e. The molecule has 0 aromatic heterocycles. The Bertz CT molecular complexity index is 422. The average molecular weight is 260 g/mol. The summed E-state index contributed by atoms with van der Waals surface area (Å²) in [5.41, 5.74) is 8.68. The van der Waals surface area contributed by atoms with Crippen molar-refractivity contribution in [3.05, 3.63) is 39.6 Å². The Morgan fingerprint density at radius 3 is 1.21 bits per heavy atom. The molecule has 1 aromatic carbocycles. The highest BCUT2D eigenvalue weighted by Gasteiger charge is 2.17. The standard InChI is InChI=1S/C18H28O/c1-6-13-14(7-2)16(9-4)18(11-12-19)17(10-5)15(13)8-3/h11-12,19H,6-10H2,1-5H3. The normalized spacial score (nSPS) is 11.4. The Balaban J connectivity index is 3.79. The van der Waals surface area contributed by atoms with E-state index in [0.29, 0.717) is 0 Å².